The number of hydrogen-bond donors (Lipinski definition) is 1. The predicted molar refractivity (Wildman–Crippen MR) is 83.1 cm³/mol. The SMILES string of the molecule is COc1c(F)cc(S(=O)(=O)N2CCCNCC2)cc1[N+](=O)[O-].Cl. The number of nitro groups is 1. The van der Waals surface area contributed by atoms with Crippen LogP contribution < -0.4 is 10.1 Å². The minimum Gasteiger partial charge on any atom is -0.488 e. The lowest BCUT2D eigenvalue weighted by molar-refractivity contribution is -0.386. The number of nitrogens with one attached hydrogen (secondary N) is 1. The van der Waals surface area contributed by atoms with Crippen LogP contribution in [0.15, 0.2) is 17.0 Å². The summed E-state index contributed by atoms with van der Waals surface area (Å²) < 4.78 is 44.8. The van der Waals surface area contributed by atoms with E-state index in [0.29, 0.717) is 19.5 Å². The van der Waals surface area contributed by atoms with Crippen LogP contribution in [-0.2, 0) is 10.0 Å². The minimum absolute atomic E-state index is 0. The van der Waals surface area contributed by atoms with Gasteiger partial charge >= 0.3 is 5.69 Å². The molecule has 0 radical (unpaired) electrons. The number of benzene rings is 1. The number of ether oxygens (including phenoxy) is 1. The van der Waals surface area contributed by atoms with Gasteiger partial charge in [0.05, 0.1) is 16.9 Å². The van der Waals surface area contributed by atoms with Crippen molar-refractivity contribution < 1.29 is 22.5 Å². The first-order valence-electron chi connectivity index (χ1n) is 6.60. The first-order valence-corrected chi connectivity index (χ1v) is 8.04. The van der Waals surface area contributed by atoms with Gasteiger partial charge in [0.2, 0.25) is 15.8 Å². The van der Waals surface area contributed by atoms with Crippen LogP contribution in [0.5, 0.6) is 5.75 Å². The average Bonchev–Trinajstić information content (AvgIpc) is 2.75. The first kappa shape index (κ1) is 19.6. The zero-order valence-electron chi connectivity index (χ0n) is 12.3. The summed E-state index contributed by atoms with van der Waals surface area (Å²) in [6, 6.07) is 1.58. The van der Waals surface area contributed by atoms with Crippen LogP contribution in [0.2, 0.25) is 0 Å². The smallest absolute Gasteiger partial charge is 0.315 e. The van der Waals surface area contributed by atoms with E-state index >= 15 is 0 Å². The van der Waals surface area contributed by atoms with Gasteiger partial charge in [0.25, 0.3) is 0 Å². The molecule has 1 aliphatic heterocycles. The van der Waals surface area contributed by atoms with Gasteiger partial charge in [0, 0.05) is 25.7 Å². The highest BCUT2D eigenvalue weighted by Gasteiger charge is 2.30. The molecule has 0 aromatic heterocycles. The maximum absolute atomic E-state index is 13.9. The van der Waals surface area contributed by atoms with Crippen LogP contribution in [0, 0.1) is 15.9 Å². The van der Waals surface area contributed by atoms with E-state index in [1.807, 2.05) is 0 Å². The van der Waals surface area contributed by atoms with Crippen LogP contribution in [0.25, 0.3) is 0 Å². The van der Waals surface area contributed by atoms with E-state index < -0.39 is 37.1 Å². The number of nitrogens with zero attached hydrogens (tertiary/aromatic N) is 2. The second-order valence-corrected chi connectivity index (χ2v) is 6.66. The van der Waals surface area contributed by atoms with Crippen LogP contribution in [0.3, 0.4) is 0 Å². The fraction of sp³-hybridized carbons (Fsp3) is 0.500. The Labute approximate surface area is 139 Å². The van der Waals surface area contributed by atoms with Crippen molar-refractivity contribution in [1.29, 1.82) is 0 Å². The number of rotatable bonds is 4. The monoisotopic (exact) mass is 369 g/mol. The Bertz CT molecular complexity index is 678. The van der Waals surface area contributed by atoms with Crippen molar-refractivity contribution in [3.63, 3.8) is 0 Å². The molecule has 1 fully saturated rings. The fourth-order valence-electron chi connectivity index (χ4n) is 2.25. The molecule has 1 aromatic rings. The predicted octanol–water partition coefficient (Wildman–Crippen LogP) is 1.15. The molecule has 2 rings (SSSR count). The standard InChI is InChI=1S/C12H16FN3O5S.ClH/c1-21-12-10(13)7-9(8-11(12)16(17)18)22(19,20)15-5-2-3-14-4-6-15;/h7-8,14H,2-6H2,1H3;1H. The highest BCUT2D eigenvalue weighted by molar-refractivity contribution is 7.89. The van der Waals surface area contributed by atoms with Crippen LogP contribution in [0.1, 0.15) is 6.42 Å². The Kier molecular flexibility index (Phi) is 6.69. The van der Waals surface area contributed by atoms with Crippen molar-refractivity contribution in [3.8, 4) is 5.75 Å². The van der Waals surface area contributed by atoms with Crippen molar-refractivity contribution >= 4 is 28.1 Å². The summed E-state index contributed by atoms with van der Waals surface area (Å²) in [4.78, 5) is 9.67. The summed E-state index contributed by atoms with van der Waals surface area (Å²) in [5, 5.41) is 14.0. The molecule has 1 heterocycles. The molecule has 1 N–H and O–H groups in total. The molecule has 11 heteroatoms. The Morgan fingerprint density at radius 3 is 2.65 bits per heavy atom. The van der Waals surface area contributed by atoms with Crippen LogP contribution in [0.4, 0.5) is 10.1 Å². The Hall–Kier alpha value is -1.49. The molecule has 8 nitrogen and oxygen atoms in total. The highest BCUT2D eigenvalue weighted by Crippen LogP contribution is 2.33. The molecule has 1 aliphatic rings. The molecule has 1 aromatic carbocycles. The number of sulfonamides is 1. The van der Waals surface area contributed by atoms with E-state index in [2.05, 4.69) is 10.1 Å². The summed E-state index contributed by atoms with van der Waals surface area (Å²) in [5.74, 6) is -1.66. The molecule has 1 saturated heterocycles. The number of halogens is 2. The van der Waals surface area contributed by atoms with E-state index in [4.69, 9.17) is 0 Å². The van der Waals surface area contributed by atoms with Gasteiger partial charge in [-0.1, -0.05) is 0 Å². The molecule has 0 unspecified atom stereocenters. The number of hydrogen-bond acceptors (Lipinski definition) is 6. The molecule has 0 amide bonds. The molecule has 0 bridgehead atoms. The molecular formula is C12H17ClFN3O5S. The normalized spacial score (nSPS) is 16.3. The first-order chi connectivity index (χ1) is 10.4. The van der Waals surface area contributed by atoms with Gasteiger partial charge in [0.15, 0.2) is 5.82 Å². The average molecular weight is 370 g/mol. The topological polar surface area (TPSA) is 102 Å². The van der Waals surface area contributed by atoms with E-state index in [9.17, 15) is 22.9 Å². The second-order valence-electron chi connectivity index (χ2n) is 4.72. The maximum atomic E-state index is 13.9. The van der Waals surface area contributed by atoms with Gasteiger partial charge in [-0.25, -0.2) is 12.8 Å². The Balaban J connectivity index is 0.00000264. The molecule has 0 saturated carbocycles. The Morgan fingerprint density at radius 1 is 1.35 bits per heavy atom. The van der Waals surface area contributed by atoms with Gasteiger partial charge in [0.1, 0.15) is 0 Å². The summed E-state index contributed by atoms with van der Waals surface area (Å²) >= 11 is 0. The number of nitro benzene ring substituents is 1. The molecule has 0 atom stereocenters. The van der Waals surface area contributed by atoms with E-state index in [1.165, 1.54) is 4.31 Å². The summed E-state index contributed by atoms with van der Waals surface area (Å²) in [6.07, 6.45) is 0.611. The number of methoxy groups -OCH3 is 1. The summed E-state index contributed by atoms with van der Waals surface area (Å²) in [5.41, 5.74) is -0.714. The maximum Gasteiger partial charge on any atom is 0.315 e. The largest absolute Gasteiger partial charge is 0.488 e. The van der Waals surface area contributed by atoms with E-state index in [0.717, 1.165) is 19.2 Å². The molecular weight excluding hydrogens is 353 g/mol. The minimum atomic E-state index is -4.00. The van der Waals surface area contributed by atoms with E-state index in [1.54, 1.807) is 0 Å². The van der Waals surface area contributed by atoms with Crippen molar-refractivity contribution in [2.45, 2.75) is 11.3 Å². The summed E-state index contributed by atoms with van der Waals surface area (Å²) in [7, 11) is -2.91. The van der Waals surface area contributed by atoms with Gasteiger partial charge in [-0.05, 0) is 19.0 Å². The zero-order chi connectivity index (χ0) is 16.3. The summed E-state index contributed by atoms with van der Waals surface area (Å²) in [6.45, 7) is 1.66. The van der Waals surface area contributed by atoms with Gasteiger partial charge < -0.3 is 10.1 Å². The third-order valence-electron chi connectivity index (χ3n) is 3.34. The lowest BCUT2D eigenvalue weighted by atomic mass is 10.3. The van der Waals surface area contributed by atoms with Crippen LogP contribution in [-0.4, -0.2) is 50.9 Å². The Morgan fingerprint density at radius 2 is 2.04 bits per heavy atom. The van der Waals surface area contributed by atoms with Gasteiger partial charge in [-0.15, -0.1) is 12.4 Å². The fourth-order valence-corrected chi connectivity index (χ4v) is 3.76. The molecule has 0 aliphatic carbocycles. The second kappa shape index (κ2) is 7.86. The van der Waals surface area contributed by atoms with Crippen molar-refractivity contribution in [2.24, 2.45) is 0 Å². The third kappa shape index (κ3) is 4.08. The van der Waals surface area contributed by atoms with E-state index in [-0.39, 0.29) is 25.5 Å². The van der Waals surface area contributed by atoms with Crippen LogP contribution >= 0.6 is 12.4 Å². The lowest BCUT2D eigenvalue weighted by Crippen LogP contribution is -2.34. The molecule has 130 valence electrons. The van der Waals surface area contributed by atoms with Crippen molar-refractivity contribution in [3.05, 3.63) is 28.1 Å². The van der Waals surface area contributed by atoms with Crippen molar-refractivity contribution in [2.75, 3.05) is 33.3 Å². The lowest BCUT2D eigenvalue weighted by Gasteiger charge is -2.19. The quantitative estimate of drug-likeness (QED) is 0.631. The highest BCUT2D eigenvalue weighted by atomic mass is 35.5. The van der Waals surface area contributed by atoms with Gasteiger partial charge in [-0.2, -0.15) is 4.31 Å². The van der Waals surface area contributed by atoms with Gasteiger partial charge in [-0.3, -0.25) is 10.1 Å². The van der Waals surface area contributed by atoms with Crippen molar-refractivity contribution in [1.82, 2.24) is 9.62 Å². The third-order valence-corrected chi connectivity index (χ3v) is 5.21. The zero-order valence-corrected chi connectivity index (χ0v) is 14.0. The molecule has 23 heavy (non-hydrogen) atoms. The molecule has 0 spiro atoms.